The number of halogens is 1. The maximum Gasteiger partial charge on any atom is 0.255 e. The predicted molar refractivity (Wildman–Crippen MR) is 51.9 cm³/mol. The van der Waals surface area contributed by atoms with Crippen LogP contribution in [0.25, 0.3) is 0 Å². The van der Waals surface area contributed by atoms with Gasteiger partial charge in [-0.1, -0.05) is 34.6 Å². The molecule has 1 unspecified atom stereocenters. The average Bonchev–Trinajstić information content (AvgIpc) is 2.01. The molecule has 0 rings (SSSR count). The molecule has 2 N–H and O–H groups in total. The van der Waals surface area contributed by atoms with Gasteiger partial charge in [-0.25, -0.2) is 4.39 Å². The predicted octanol–water partition coefficient (Wildman–Crippen LogP) is 2.27. The van der Waals surface area contributed by atoms with Gasteiger partial charge in [0.05, 0.1) is 0 Å². The lowest BCUT2D eigenvalue weighted by Crippen LogP contribution is -2.54. The molecule has 0 heterocycles. The molecule has 0 saturated heterocycles. The molecule has 0 aromatic rings. The van der Waals surface area contributed by atoms with E-state index in [0.717, 1.165) is 0 Å². The van der Waals surface area contributed by atoms with Crippen molar-refractivity contribution in [2.45, 2.75) is 46.7 Å². The first-order chi connectivity index (χ1) is 5.70. The van der Waals surface area contributed by atoms with E-state index in [-0.39, 0.29) is 5.92 Å². The molecule has 0 bridgehead atoms. The number of carbonyl (C=O) groups is 1. The third-order valence-electron chi connectivity index (χ3n) is 3.02. The Morgan fingerprint density at radius 3 is 1.92 bits per heavy atom. The zero-order valence-corrected chi connectivity index (χ0v) is 9.15. The molecule has 1 atom stereocenters. The summed E-state index contributed by atoms with van der Waals surface area (Å²) < 4.78 is 14.3. The summed E-state index contributed by atoms with van der Waals surface area (Å²) in [4.78, 5) is 11.1. The van der Waals surface area contributed by atoms with Gasteiger partial charge >= 0.3 is 0 Å². The monoisotopic (exact) mass is 189 g/mol. The Labute approximate surface area is 79.7 Å². The fourth-order valence-electron chi connectivity index (χ4n) is 1.66. The second-order valence-electron chi connectivity index (χ2n) is 4.47. The highest BCUT2D eigenvalue weighted by atomic mass is 19.1. The van der Waals surface area contributed by atoms with Gasteiger partial charge in [0.15, 0.2) is 5.67 Å². The highest BCUT2D eigenvalue weighted by Gasteiger charge is 2.52. The molecule has 0 spiro atoms. The van der Waals surface area contributed by atoms with Gasteiger partial charge in [0, 0.05) is 5.41 Å². The third-order valence-corrected chi connectivity index (χ3v) is 3.02. The van der Waals surface area contributed by atoms with Crippen molar-refractivity contribution in [3.8, 4) is 0 Å². The Bertz CT molecular complexity index is 201. The van der Waals surface area contributed by atoms with Crippen molar-refractivity contribution in [2.75, 3.05) is 0 Å². The second-order valence-corrected chi connectivity index (χ2v) is 4.47. The zero-order valence-electron chi connectivity index (χ0n) is 9.15. The van der Waals surface area contributed by atoms with Gasteiger partial charge in [-0.3, -0.25) is 4.79 Å². The summed E-state index contributed by atoms with van der Waals surface area (Å²) >= 11 is 0. The Morgan fingerprint density at radius 1 is 1.46 bits per heavy atom. The van der Waals surface area contributed by atoms with E-state index in [4.69, 9.17) is 5.73 Å². The molecule has 3 heteroatoms. The van der Waals surface area contributed by atoms with Crippen molar-refractivity contribution in [1.29, 1.82) is 0 Å². The van der Waals surface area contributed by atoms with Gasteiger partial charge in [-0.15, -0.1) is 0 Å². The topological polar surface area (TPSA) is 43.1 Å². The van der Waals surface area contributed by atoms with Crippen LogP contribution in [0.15, 0.2) is 0 Å². The summed E-state index contributed by atoms with van der Waals surface area (Å²) in [5.41, 5.74) is 2.50. The van der Waals surface area contributed by atoms with Crippen molar-refractivity contribution >= 4 is 5.91 Å². The molecule has 78 valence electrons. The molecule has 0 aromatic carbocycles. The van der Waals surface area contributed by atoms with Crippen LogP contribution in [0, 0.1) is 11.3 Å². The SMILES string of the molecule is CCC(C)(C)C(F)(C(N)=O)C(C)C. The minimum Gasteiger partial charge on any atom is -0.367 e. The molecule has 0 fully saturated rings. The minimum absolute atomic E-state index is 0.389. The van der Waals surface area contributed by atoms with Crippen LogP contribution in [0.1, 0.15) is 41.0 Å². The largest absolute Gasteiger partial charge is 0.367 e. The van der Waals surface area contributed by atoms with E-state index in [1.54, 1.807) is 27.7 Å². The number of hydrogen-bond acceptors (Lipinski definition) is 1. The van der Waals surface area contributed by atoms with Crippen molar-refractivity contribution in [1.82, 2.24) is 0 Å². The van der Waals surface area contributed by atoms with Crippen LogP contribution in [0.2, 0.25) is 0 Å². The number of primary amides is 1. The Morgan fingerprint density at radius 2 is 1.85 bits per heavy atom. The first-order valence-corrected chi connectivity index (χ1v) is 4.69. The van der Waals surface area contributed by atoms with Gasteiger partial charge in [0.1, 0.15) is 0 Å². The fraction of sp³-hybridized carbons (Fsp3) is 0.900. The third kappa shape index (κ3) is 1.84. The van der Waals surface area contributed by atoms with Gasteiger partial charge in [0.25, 0.3) is 5.91 Å². The van der Waals surface area contributed by atoms with E-state index in [1.165, 1.54) is 0 Å². The Balaban J connectivity index is 5.13. The molecule has 0 aliphatic carbocycles. The first-order valence-electron chi connectivity index (χ1n) is 4.69. The van der Waals surface area contributed by atoms with Crippen molar-refractivity contribution < 1.29 is 9.18 Å². The summed E-state index contributed by atoms with van der Waals surface area (Å²) in [5, 5.41) is 0. The Hall–Kier alpha value is -0.600. The van der Waals surface area contributed by atoms with E-state index >= 15 is 0 Å². The highest BCUT2D eigenvalue weighted by Crippen LogP contribution is 2.42. The summed E-state index contributed by atoms with van der Waals surface area (Å²) in [7, 11) is 0. The molecule has 0 aromatic heterocycles. The van der Waals surface area contributed by atoms with Crippen molar-refractivity contribution in [2.24, 2.45) is 17.1 Å². The Kier molecular flexibility index (Phi) is 3.47. The molecule has 0 aliphatic heterocycles. The van der Waals surface area contributed by atoms with Crippen molar-refractivity contribution in [3.05, 3.63) is 0 Å². The fourth-order valence-corrected chi connectivity index (χ4v) is 1.66. The maximum atomic E-state index is 14.3. The van der Waals surface area contributed by atoms with Gasteiger partial charge in [-0.05, 0) is 12.3 Å². The number of nitrogens with two attached hydrogens (primary N) is 1. The number of hydrogen-bond donors (Lipinski definition) is 1. The molecule has 1 amide bonds. The lowest BCUT2D eigenvalue weighted by atomic mass is 9.68. The summed E-state index contributed by atoms with van der Waals surface area (Å²) in [6.07, 6.45) is 0.588. The number of alkyl halides is 1. The standard InChI is InChI=1S/C10H20FNO/c1-6-9(4,5)10(11,7(2)3)8(12)13/h7H,6H2,1-5H3,(H2,12,13). The molecular weight excluding hydrogens is 169 g/mol. The lowest BCUT2D eigenvalue weighted by molar-refractivity contribution is -0.143. The summed E-state index contributed by atoms with van der Waals surface area (Å²) in [6, 6.07) is 0. The number of amides is 1. The smallest absolute Gasteiger partial charge is 0.255 e. The molecule has 0 aliphatic rings. The van der Waals surface area contributed by atoms with Crippen LogP contribution in [0.4, 0.5) is 4.39 Å². The second kappa shape index (κ2) is 3.64. The van der Waals surface area contributed by atoms with Crippen LogP contribution in [-0.4, -0.2) is 11.6 Å². The summed E-state index contributed by atoms with van der Waals surface area (Å²) in [5.74, 6) is -1.24. The van der Waals surface area contributed by atoms with E-state index in [2.05, 4.69) is 0 Å². The number of carbonyl (C=O) groups excluding carboxylic acids is 1. The van der Waals surface area contributed by atoms with Gasteiger partial charge < -0.3 is 5.73 Å². The van der Waals surface area contributed by atoms with E-state index < -0.39 is 17.0 Å². The first kappa shape index (κ1) is 12.4. The number of rotatable bonds is 4. The summed E-state index contributed by atoms with van der Waals surface area (Å²) in [6.45, 7) is 8.69. The normalized spacial score (nSPS) is 17.2. The highest BCUT2D eigenvalue weighted by molar-refractivity contribution is 5.84. The van der Waals surface area contributed by atoms with Gasteiger partial charge in [-0.2, -0.15) is 0 Å². The van der Waals surface area contributed by atoms with E-state index in [1.807, 2.05) is 6.92 Å². The van der Waals surface area contributed by atoms with Crippen LogP contribution < -0.4 is 5.73 Å². The van der Waals surface area contributed by atoms with Crippen molar-refractivity contribution in [3.63, 3.8) is 0 Å². The average molecular weight is 189 g/mol. The van der Waals surface area contributed by atoms with Gasteiger partial charge in [0.2, 0.25) is 0 Å². The molecule has 13 heavy (non-hydrogen) atoms. The van der Waals surface area contributed by atoms with Crippen LogP contribution in [0.3, 0.4) is 0 Å². The molecule has 0 radical (unpaired) electrons. The maximum absolute atomic E-state index is 14.3. The van der Waals surface area contributed by atoms with Crippen LogP contribution in [0.5, 0.6) is 0 Å². The van der Waals surface area contributed by atoms with E-state index in [9.17, 15) is 9.18 Å². The minimum atomic E-state index is -1.91. The quantitative estimate of drug-likeness (QED) is 0.724. The molecule has 2 nitrogen and oxygen atoms in total. The lowest BCUT2D eigenvalue weighted by Gasteiger charge is -2.40. The van der Waals surface area contributed by atoms with Crippen LogP contribution in [-0.2, 0) is 4.79 Å². The zero-order chi connectivity index (χ0) is 10.9. The molecular formula is C10H20FNO. The van der Waals surface area contributed by atoms with Crippen LogP contribution >= 0.6 is 0 Å². The van der Waals surface area contributed by atoms with E-state index in [0.29, 0.717) is 6.42 Å². The molecule has 0 saturated carbocycles.